The molecule has 21 heavy (non-hydrogen) atoms. The van der Waals surface area contributed by atoms with E-state index in [1.807, 2.05) is 0 Å². The Morgan fingerprint density at radius 3 is 2.62 bits per heavy atom. The minimum atomic E-state index is -0.874. The van der Waals surface area contributed by atoms with Crippen molar-refractivity contribution in [1.29, 1.82) is 0 Å². The second-order valence-corrected chi connectivity index (χ2v) is 5.07. The van der Waals surface area contributed by atoms with Gasteiger partial charge in [0.15, 0.2) is 11.9 Å². The fourth-order valence-corrected chi connectivity index (χ4v) is 1.69. The minimum absolute atomic E-state index is 0.0520. The molecule has 1 atom stereocenters. The molecule has 0 aromatic heterocycles. The van der Waals surface area contributed by atoms with Crippen LogP contribution in [-0.2, 0) is 9.53 Å². The third-order valence-corrected chi connectivity index (χ3v) is 3.22. The van der Waals surface area contributed by atoms with Gasteiger partial charge in [0.2, 0.25) is 0 Å². The zero-order valence-electron chi connectivity index (χ0n) is 11.8. The van der Waals surface area contributed by atoms with Gasteiger partial charge in [0.1, 0.15) is 5.69 Å². The molecule has 0 heterocycles. The minimum Gasteiger partial charge on any atom is -0.451 e. The molecule has 1 fully saturated rings. The molecule has 7 nitrogen and oxygen atoms in total. The lowest BCUT2D eigenvalue weighted by Gasteiger charge is -2.11. The number of nitrogens with one attached hydrogen (secondary N) is 1. The maximum absolute atomic E-state index is 11.9. The molecule has 0 radical (unpaired) electrons. The van der Waals surface area contributed by atoms with Crippen LogP contribution in [0.2, 0.25) is 0 Å². The summed E-state index contributed by atoms with van der Waals surface area (Å²) in [6.45, 7) is 2.76. The number of ether oxygens (including phenoxy) is 1. The van der Waals surface area contributed by atoms with Crippen molar-refractivity contribution in [1.82, 2.24) is 0 Å². The van der Waals surface area contributed by atoms with E-state index in [-0.39, 0.29) is 23.1 Å². The first-order valence-electron chi connectivity index (χ1n) is 6.65. The maximum Gasteiger partial charge on any atom is 0.339 e. The van der Waals surface area contributed by atoms with Crippen molar-refractivity contribution in [2.45, 2.75) is 38.8 Å². The molecule has 0 spiro atoms. The second-order valence-electron chi connectivity index (χ2n) is 5.07. The quantitative estimate of drug-likeness (QED) is 0.490. The average Bonchev–Trinajstić information content (AvgIpc) is 3.22. The van der Waals surface area contributed by atoms with Crippen LogP contribution in [0, 0.1) is 10.1 Å². The molecule has 0 saturated heterocycles. The Labute approximate surface area is 121 Å². The number of carbonyl (C=O) groups is 2. The van der Waals surface area contributed by atoms with Crippen molar-refractivity contribution in [2.24, 2.45) is 0 Å². The SMILES string of the molecule is CC(=O)[C@H](C)OC(=O)c1ccc(NC2CC2)c([N+](=O)[O-])c1. The Bertz CT molecular complexity index is 595. The van der Waals surface area contributed by atoms with Gasteiger partial charge >= 0.3 is 5.97 Å². The number of hydrogen-bond donors (Lipinski definition) is 1. The summed E-state index contributed by atoms with van der Waals surface area (Å²) >= 11 is 0. The van der Waals surface area contributed by atoms with Crippen LogP contribution in [0.25, 0.3) is 0 Å². The van der Waals surface area contributed by atoms with E-state index < -0.39 is 17.0 Å². The highest BCUT2D eigenvalue weighted by molar-refractivity contribution is 5.93. The molecule has 0 bridgehead atoms. The fourth-order valence-electron chi connectivity index (χ4n) is 1.69. The molecule has 1 aliphatic carbocycles. The topological polar surface area (TPSA) is 98.5 Å². The third kappa shape index (κ3) is 3.77. The molecule has 1 aromatic rings. The summed E-state index contributed by atoms with van der Waals surface area (Å²) in [6.07, 6.45) is 1.09. The van der Waals surface area contributed by atoms with E-state index in [1.54, 1.807) is 0 Å². The Kier molecular flexibility index (Phi) is 4.21. The largest absolute Gasteiger partial charge is 0.451 e. The lowest BCUT2D eigenvalue weighted by atomic mass is 10.1. The van der Waals surface area contributed by atoms with Crippen LogP contribution in [-0.4, -0.2) is 28.8 Å². The van der Waals surface area contributed by atoms with Gasteiger partial charge in [-0.1, -0.05) is 0 Å². The van der Waals surface area contributed by atoms with Crippen molar-refractivity contribution >= 4 is 23.1 Å². The lowest BCUT2D eigenvalue weighted by molar-refractivity contribution is -0.384. The summed E-state index contributed by atoms with van der Waals surface area (Å²) in [4.78, 5) is 33.5. The van der Waals surface area contributed by atoms with Crippen molar-refractivity contribution in [3.05, 3.63) is 33.9 Å². The summed E-state index contributed by atoms with van der Waals surface area (Å²) in [7, 11) is 0. The first-order valence-corrected chi connectivity index (χ1v) is 6.65. The Morgan fingerprint density at radius 2 is 2.10 bits per heavy atom. The Balaban J connectivity index is 2.20. The Hall–Kier alpha value is -2.44. The van der Waals surface area contributed by atoms with Crippen molar-refractivity contribution < 1.29 is 19.2 Å². The van der Waals surface area contributed by atoms with Gasteiger partial charge in [0.25, 0.3) is 5.69 Å². The van der Waals surface area contributed by atoms with Crippen molar-refractivity contribution in [3.63, 3.8) is 0 Å². The molecule has 2 rings (SSSR count). The molecule has 1 N–H and O–H groups in total. The molecule has 0 unspecified atom stereocenters. The van der Waals surface area contributed by atoms with Gasteiger partial charge in [0, 0.05) is 12.1 Å². The van der Waals surface area contributed by atoms with E-state index >= 15 is 0 Å². The number of nitro groups is 1. The number of hydrogen-bond acceptors (Lipinski definition) is 6. The highest BCUT2D eigenvalue weighted by atomic mass is 16.6. The van der Waals surface area contributed by atoms with E-state index in [0.717, 1.165) is 12.8 Å². The van der Waals surface area contributed by atoms with Gasteiger partial charge in [0.05, 0.1) is 10.5 Å². The summed E-state index contributed by atoms with van der Waals surface area (Å²) in [5.41, 5.74) is 0.265. The van der Waals surface area contributed by atoms with Crippen molar-refractivity contribution in [3.8, 4) is 0 Å². The molecule has 1 saturated carbocycles. The van der Waals surface area contributed by atoms with Crippen LogP contribution in [0.4, 0.5) is 11.4 Å². The number of rotatable bonds is 6. The number of carbonyl (C=O) groups excluding carboxylic acids is 2. The number of nitrogens with zero attached hydrogens (tertiary/aromatic N) is 1. The summed E-state index contributed by atoms with van der Waals surface area (Å²) in [6, 6.07) is 4.37. The molecule has 112 valence electrons. The van der Waals surface area contributed by atoms with Crippen LogP contribution in [0.3, 0.4) is 0 Å². The smallest absolute Gasteiger partial charge is 0.339 e. The zero-order valence-corrected chi connectivity index (χ0v) is 11.8. The van der Waals surface area contributed by atoms with E-state index in [0.29, 0.717) is 5.69 Å². The molecule has 1 aliphatic rings. The Morgan fingerprint density at radius 1 is 1.43 bits per heavy atom. The molecule has 0 aliphatic heterocycles. The van der Waals surface area contributed by atoms with Crippen LogP contribution < -0.4 is 5.32 Å². The molecule has 0 amide bonds. The van der Waals surface area contributed by atoms with Crippen LogP contribution in [0.15, 0.2) is 18.2 Å². The molecule has 7 heteroatoms. The number of Topliss-reactive ketones (excluding diaryl/α,β-unsaturated/α-hetero) is 1. The summed E-state index contributed by atoms with van der Waals surface area (Å²) in [5.74, 6) is -1.04. The highest BCUT2D eigenvalue weighted by Crippen LogP contribution is 2.31. The summed E-state index contributed by atoms with van der Waals surface area (Å²) < 4.78 is 4.93. The fraction of sp³-hybridized carbons (Fsp3) is 0.429. The summed E-state index contributed by atoms with van der Waals surface area (Å²) in [5, 5.41) is 14.1. The predicted octanol–water partition coefficient (Wildman–Crippen LogP) is 2.30. The third-order valence-electron chi connectivity index (χ3n) is 3.22. The van der Waals surface area contributed by atoms with E-state index in [4.69, 9.17) is 4.74 Å². The number of anilines is 1. The van der Waals surface area contributed by atoms with Gasteiger partial charge < -0.3 is 10.1 Å². The zero-order chi connectivity index (χ0) is 15.6. The molecule has 1 aromatic carbocycles. The molecular weight excluding hydrogens is 276 g/mol. The molecular formula is C14H16N2O5. The van der Waals surface area contributed by atoms with Crippen LogP contribution >= 0.6 is 0 Å². The first-order chi connectivity index (χ1) is 9.88. The second kappa shape index (κ2) is 5.90. The van der Waals surface area contributed by atoms with Gasteiger partial charge in [-0.3, -0.25) is 14.9 Å². The number of benzene rings is 1. The number of esters is 1. The normalized spacial score (nSPS) is 15.1. The van der Waals surface area contributed by atoms with E-state index in [1.165, 1.54) is 32.0 Å². The van der Waals surface area contributed by atoms with Crippen LogP contribution in [0.5, 0.6) is 0 Å². The monoisotopic (exact) mass is 292 g/mol. The first kappa shape index (κ1) is 15.0. The van der Waals surface area contributed by atoms with Gasteiger partial charge in [-0.15, -0.1) is 0 Å². The van der Waals surface area contributed by atoms with E-state index in [2.05, 4.69) is 5.32 Å². The maximum atomic E-state index is 11.9. The highest BCUT2D eigenvalue weighted by Gasteiger charge is 2.26. The van der Waals surface area contributed by atoms with Crippen molar-refractivity contribution in [2.75, 3.05) is 5.32 Å². The average molecular weight is 292 g/mol. The number of ketones is 1. The van der Waals surface area contributed by atoms with Gasteiger partial charge in [-0.25, -0.2) is 4.79 Å². The van der Waals surface area contributed by atoms with Gasteiger partial charge in [-0.05, 0) is 38.8 Å². The number of nitro benzene ring substituents is 1. The lowest BCUT2D eigenvalue weighted by Crippen LogP contribution is -2.22. The van der Waals surface area contributed by atoms with Gasteiger partial charge in [-0.2, -0.15) is 0 Å². The predicted molar refractivity (Wildman–Crippen MR) is 75.3 cm³/mol. The standard InChI is InChI=1S/C14H16N2O5/c1-8(17)9(2)21-14(18)10-3-6-12(15-11-4-5-11)13(7-10)16(19)20/h3,6-7,9,11,15H,4-5H2,1-2H3/t9-/m0/s1. The van der Waals surface area contributed by atoms with Crippen LogP contribution in [0.1, 0.15) is 37.0 Å². The van der Waals surface area contributed by atoms with E-state index in [9.17, 15) is 19.7 Å².